The van der Waals surface area contributed by atoms with Gasteiger partial charge >= 0.3 is 0 Å². The molecule has 2 rings (SSSR count). The summed E-state index contributed by atoms with van der Waals surface area (Å²) in [5.74, 6) is 2.40. The molecule has 1 saturated heterocycles. The summed E-state index contributed by atoms with van der Waals surface area (Å²) in [6.07, 6.45) is 6.48. The van der Waals surface area contributed by atoms with Gasteiger partial charge in [0.15, 0.2) is 0 Å². The Bertz CT molecular complexity index is 383. The van der Waals surface area contributed by atoms with Gasteiger partial charge in [0.25, 0.3) is 0 Å². The molecular formula is C21H40ClN. The van der Waals surface area contributed by atoms with Gasteiger partial charge in [-0.15, -0.1) is 11.6 Å². The van der Waals surface area contributed by atoms with E-state index < -0.39 is 0 Å². The molecule has 1 aliphatic heterocycles. The molecule has 1 aliphatic carbocycles. The van der Waals surface area contributed by atoms with Crippen LogP contribution in [-0.2, 0) is 0 Å². The van der Waals surface area contributed by atoms with Crippen molar-refractivity contribution >= 4 is 11.6 Å². The average molecular weight is 342 g/mol. The summed E-state index contributed by atoms with van der Waals surface area (Å²) in [5.41, 5.74) is 0.862. The number of hydrogen-bond donors (Lipinski definition) is 0. The van der Waals surface area contributed by atoms with Crippen molar-refractivity contribution in [2.75, 3.05) is 13.1 Å². The normalized spacial score (nSPS) is 38.5. The second-order valence-corrected chi connectivity index (χ2v) is 10.4. The summed E-state index contributed by atoms with van der Waals surface area (Å²) in [6, 6.07) is 0.692. The third-order valence-electron chi connectivity index (χ3n) is 8.01. The SMILES string of the molecule is CC(C)[C@@H](C)[C@@H](C)N1CC[C@@](C)(C2CCC(Cl)CC2)C(C)(C)C1. The first-order valence-corrected chi connectivity index (χ1v) is 10.4. The Labute approximate surface area is 150 Å². The van der Waals surface area contributed by atoms with E-state index in [4.69, 9.17) is 11.6 Å². The summed E-state index contributed by atoms with van der Waals surface area (Å²) in [6.45, 7) is 19.8. The lowest BCUT2D eigenvalue weighted by atomic mass is 9.53. The Balaban J connectivity index is 2.07. The molecule has 1 saturated carbocycles. The van der Waals surface area contributed by atoms with Crippen molar-refractivity contribution in [2.45, 2.75) is 92.0 Å². The van der Waals surface area contributed by atoms with E-state index in [0.29, 0.717) is 22.2 Å². The van der Waals surface area contributed by atoms with Crippen molar-refractivity contribution in [1.29, 1.82) is 0 Å². The minimum atomic E-state index is 0.389. The van der Waals surface area contributed by atoms with Crippen molar-refractivity contribution in [2.24, 2.45) is 28.6 Å². The first-order valence-electron chi connectivity index (χ1n) is 9.96. The second-order valence-electron chi connectivity index (χ2n) is 9.81. The van der Waals surface area contributed by atoms with E-state index >= 15 is 0 Å². The zero-order valence-electron chi connectivity index (χ0n) is 16.7. The predicted octanol–water partition coefficient (Wildman–Crippen LogP) is 6.20. The van der Waals surface area contributed by atoms with E-state index in [-0.39, 0.29) is 0 Å². The molecule has 0 N–H and O–H groups in total. The highest BCUT2D eigenvalue weighted by molar-refractivity contribution is 6.20. The highest BCUT2D eigenvalue weighted by Gasteiger charge is 2.50. The van der Waals surface area contributed by atoms with Gasteiger partial charge in [-0.05, 0) is 74.2 Å². The largest absolute Gasteiger partial charge is 0.300 e. The maximum absolute atomic E-state index is 6.36. The van der Waals surface area contributed by atoms with Gasteiger partial charge in [-0.25, -0.2) is 0 Å². The molecule has 2 heteroatoms. The summed E-state index contributed by atoms with van der Waals surface area (Å²) in [7, 11) is 0. The smallest absolute Gasteiger partial charge is 0.0336 e. The van der Waals surface area contributed by atoms with Crippen LogP contribution in [0.4, 0.5) is 0 Å². The molecule has 1 heterocycles. The monoisotopic (exact) mass is 341 g/mol. The Morgan fingerprint density at radius 1 is 0.957 bits per heavy atom. The van der Waals surface area contributed by atoms with Crippen molar-refractivity contribution in [3.8, 4) is 0 Å². The molecule has 0 amide bonds. The summed E-state index contributed by atoms with van der Waals surface area (Å²) < 4.78 is 0. The van der Waals surface area contributed by atoms with E-state index in [1.165, 1.54) is 45.2 Å². The zero-order valence-corrected chi connectivity index (χ0v) is 17.4. The molecule has 0 aromatic rings. The Morgan fingerprint density at radius 2 is 1.52 bits per heavy atom. The quantitative estimate of drug-likeness (QED) is 0.550. The van der Waals surface area contributed by atoms with Gasteiger partial charge in [0.1, 0.15) is 0 Å². The molecule has 0 radical (unpaired) electrons. The van der Waals surface area contributed by atoms with Crippen LogP contribution < -0.4 is 0 Å². The Morgan fingerprint density at radius 3 is 2.00 bits per heavy atom. The molecule has 0 aromatic heterocycles. The Hall–Kier alpha value is 0.250. The van der Waals surface area contributed by atoms with Gasteiger partial charge in [-0.1, -0.05) is 41.5 Å². The fraction of sp³-hybridized carbons (Fsp3) is 1.00. The van der Waals surface area contributed by atoms with Gasteiger partial charge in [0.05, 0.1) is 0 Å². The number of piperidine rings is 1. The maximum atomic E-state index is 6.36. The topological polar surface area (TPSA) is 3.24 Å². The first kappa shape index (κ1) is 19.6. The van der Waals surface area contributed by atoms with Crippen molar-refractivity contribution in [3.63, 3.8) is 0 Å². The molecule has 136 valence electrons. The van der Waals surface area contributed by atoms with Crippen molar-refractivity contribution in [1.82, 2.24) is 4.90 Å². The highest BCUT2D eigenvalue weighted by Crippen LogP contribution is 2.55. The van der Waals surface area contributed by atoms with Gasteiger partial charge in [-0.3, -0.25) is 4.90 Å². The van der Waals surface area contributed by atoms with Gasteiger partial charge in [0.2, 0.25) is 0 Å². The van der Waals surface area contributed by atoms with Gasteiger partial charge in [0, 0.05) is 18.0 Å². The van der Waals surface area contributed by atoms with E-state index in [1.807, 2.05) is 0 Å². The molecule has 2 aliphatic rings. The Kier molecular flexibility index (Phi) is 6.16. The van der Waals surface area contributed by atoms with Gasteiger partial charge < -0.3 is 0 Å². The number of alkyl halides is 1. The maximum Gasteiger partial charge on any atom is 0.0336 e. The number of hydrogen-bond acceptors (Lipinski definition) is 1. The number of rotatable bonds is 4. The molecule has 2 fully saturated rings. The average Bonchev–Trinajstić information content (AvgIpc) is 2.49. The van der Waals surface area contributed by atoms with Crippen LogP contribution in [0, 0.1) is 28.6 Å². The van der Waals surface area contributed by atoms with Crippen LogP contribution in [0.25, 0.3) is 0 Å². The molecule has 0 aromatic carbocycles. The number of halogens is 1. The van der Waals surface area contributed by atoms with Crippen LogP contribution in [0.1, 0.15) is 80.6 Å². The van der Waals surface area contributed by atoms with Crippen LogP contribution >= 0.6 is 11.6 Å². The van der Waals surface area contributed by atoms with E-state index in [0.717, 1.165) is 17.8 Å². The highest BCUT2D eigenvalue weighted by atomic mass is 35.5. The van der Waals surface area contributed by atoms with Crippen LogP contribution in [0.5, 0.6) is 0 Å². The minimum absolute atomic E-state index is 0.389. The second kappa shape index (κ2) is 7.24. The predicted molar refractivity (Wildman–Crippen MR) is 103 cm³/mol. The van der Waals surface area contributed by atoms with Gasteiger partial charge in [-0.2, -0.15) is 0 Å². The van der Waals surface area contributed by atoms with Crippen LogP contribution in [0.2, 0.25) is 0 Å². The number of nitrogens with zero attached hydrogens (tertiary/aromatic N) is 1. The fourth-order valence-electron chi connectivity index (χ4n) is 5.17. The molecule has 1 nitrogen and oxygen atoms in total. The van der Waals surface area contributed by atoms with Crippen LogP contribution in [-0.4, -0.2) is 29.4 Å². The molecule has 23 heavy (non-hydrogen) atoms. The fourth-order valence-corrected chi connectivity index (χ4v) is 5.42. The lowest BCUT2D eigenvalue weighted by molar-refractivity contribution is -0.0857. The zero-order chi connectivity index (χ0) is 17.4. The molecule has 0 unspecified atom stereocenters. The van der Waals surface area contributed by atoms with Crippen LogP contribution in [0.15, 0.2) is 0 Å². The number of likely N-dealkylation sites (tertiary alicyclic amines) is 1. The van der Waals surface area contributed by atoms with Crippen LogP contribution in [0.3, 0.4) is 0 Å². The standard InChI is InChI=1S/C21H40ClN/c1-15(2)16(3)17(4)23-13-12-21(7,20(5,6)14-23)18-8-10-19(22)11-9-18/h15-19H,8-14H2,1-7H3/t16-,17-,18?,19?,21+/m1/s1. The summed E-state index contributed by atoms with van der Waals surface area (Å²) >= 11 is 6.36. The molecule has 0 spiro atoms. The molecule has 0 bridgehead atoms. The molecule has 3 atom stereocenters. The first-order chi connectivity index (χ1) is 10.6. The molecular weight excluding hydrogens is 302 g/mol. The third kappa shape index (κ3) is 3.92. The third-order valence-corrected chi connectivity index (χ3v) is 8.45. The summed E-state index contributed by atoms with van der Waals surface area (Å²) in [4.78, 5) is 2.78. The van der Waals surface area contributed by atoms with E-state index in [9.17, 15) is 0 Å². The van der Waals surface area contributed by atoms with Crippen molar-refractivity contribution in [3.05, 3.63) is 0 Å². The lowest BCUT2D eigenvalue weighted by Gasteiger charge is -2.58. The van der Waals surface area contributed by atoms with Crippen molar-refractivity contribution < 1.29 is 0 Å². The van der Waals surface area contributed by atoms with E-state index in [2.05, 4.69) is 53.4 Å². The van der Waals surface area contributed by atoms with E-state index in [1.54, 1.807) is 0 Å². The minimum Gasteiger partial charge on any atom is -0.300 e. The lowest BCUT2D eigenvalue weighted by Crippen LogP contribution is -2.57. The summed E-state index contributed by atoms with van der Waals surface area (Å²) in [5, 5.41) is 0.435.